The summed E-state index contributed by atoms with van der Waals surface area (Å²) in [6.45, 7) is 4.20. The van der Waals surface area contributed by atoms with Crippen LogP contribution < -0.4 is 0 Å². The number of amides is 1. The minimum atomic E-state index is 0.201. The van der Waals surface area contributed by atoms with Crippen molar-refractivity contribution in [3.05, 3.63) is 42.2 Å². The zero-order valence-electron chi connectivity index (χ0n) is 12.9. The van der Waals surface area contributed by atoms with E-state index in [2.05, 4.69) is 15.1 Å². The van der Waals surface area contributed by atoms with Crippen LogP contribution in [0.15, 0.2) is 30.9 Å². The maximum absolute atomic E-state index is 12.4. The Morgan fingerprint density at radius 3 is 3.05 bits per heavy atom. The molecule has 0 unspecified atom stereocenters. The van der Waals surface area contributed by atoms with Gasteiger partial charge in [0.15, 0.2) is 0 Å². The molecular weight excluding hydrogens is 278 g/mol. The van der Waals surface area contributed by atoms with Crippen molar-refractivity contribution in [3.8, 4) is 0 Å². The van der Waals surface area contributed by atoms with Gasteiger partial charge in [0.05, 0.1) is 5.69 Å². The number of nitrogens with zero attached hydrogens (tertiary/aromatic N) is 5. The second-order valence-electron chi connectivity index (χ2n) is 5.78. The topological polar surface area (TPSA) is 63.9 Å². The van der Waals surface area contributed by atoms with E-state index in [4.69, 9.17) is 0 Å². The fourth-order valence-electron chi connectivity index (χ4n) is 2.94. The second kappa shape index (κ2) is 6.68. The Morgan fingerprint density at radius 2 is 2.32 bits per heavy atom. The van der Waals surface area contributed by atoms with E-state index in [1.54, 1.807) is 12.5 Å². The Bertz CT molecular complexity index is 624. The lowest BCUT2D eigenvalue weighted by Gasteiger charge is -2.32. The van der Waals surface area contributed by atoms with Gasteiger partial charge in [-0.05, 0) is 31.9 Å². The first kappa shape index (κ1) is 14.7. The Kier molecular flexibility index (Phi) is 4.46. The van der Waals surface area contributed by atoms with Crippen LogP contribution in [0.2, 0.25) is 0 Å². The molecule has 116 valence electrons. The predicted octanol–water partition coefficient (Wildman–Crippen LogP) is 1.78. The van der Waals surface area contributed by atoms with Crippen LogP contribution in [0.5, 0.6) is 0 Å². The van der Waals surface area contributed by atoms with Gasteiger partial charge in [-0.2, -0.15) is 5.10 Å². The molecule has 1 amide bonds. The van der Waals surface area contributed by atoms with Crippen LogP contribution in [-0.2, 0) is 11.3 Å². The standard InChI is InChI=1S/C16H21N5O/c1-13-5-9-21(19-13)10-6-16(22)20-8-2-3-14(11-20)15-4-7-17-12-18-15/h4-5,7,9,12,14H,2-3,6,8,10-11H2,1H3/t14-/m0/s1. The highest BCUT2D eigenvalue weighted by Crippen LogP contribution is 2.25. The number of rotatable bonds is 4. The smallest absolute Gasteiger partial charge is 0.224 e. The summed E-state index contributed by atoms with van der Waals surface area (Å²) in [5, 5.41) is 4.32. The van der Waals surface area contributed by atoms with Gasteiger partial charge in [0, 0.05) is 50.1 Å². The SMILES string of the molecule is Cc1ccn(CCC(=O)N2CCC[C@H](c3ccncn3)C2)n1. The molecular formula is C16H21N5O. The van der Waals surface area contributed by atoms with Crippen molar-refractivity contribution in [1.29, 1.82) is 0 Å². The van der Waals surface area contributed by atoms with Crippen LogP contribution in [0.1, 0.15) is 36.6 Å². The van der Waals surface area contributed by atoms with Crippen LogP contribution in [0, 0.1) is 6.92 Å². The average Bonchev–Trinajstić information content (AvgIpc) is 2.99. The number of likely N-dealkylation sites (tertiary alicyclic amines) is 1. The number of carbonyl (C=O) groups excluding carboxylic acids is 1. The van der Waals surface area contributed by atoms with Gasteiger partial charge in [-0.3, -0.25) is 9.48 Å². The van der Waals surface area contributed by atoms with Crippen LogP contribution in [0.25, 0.3) is 0 Å². The number of aromatic nitrogens is 4. The third-order valence-electron chi connectivity index (χ3n) is 4.13. The van der Waals surface area contributed by atoms with Gasteiger partial charge in [0.1, 0.15) is 6.33 Å². The van der Waals surface area contributed by atoms with E-state index in [0.29, 0.717) is 18.9 Å². The summed E-state index contributed by atoms with van der Waals surface area (Å²) in [7, 11) is 0. The van der Waals surface area contributed by atoms with Gasteiger partial charge in [-0.25, -0.2) is 9.97 Å². The molecule has 0 bridgehead atoms. The fourth-order valence-corrected chi connectivity index (χ4v) is 2.94. The fraction of sp³-hybridized carbons (Fsp3) is 0.500. The molecule has 1 saturated heterocycles. The molecule has 6 nitrogen and oxygen atoms in total. The van der Waals surface area contributed by atoms with E-state index in [1.807, 2.05) is 34.8 Å². The molecule has 3 heterocycles. The lowest BCUT2D eigenvalue weighted by Crippen LogP contribution is -2.39. The van der Waals surface area contributed by atoms with Gasteiger partial charge in [-0.1, -0.05) is 0 Å². The molecule has 3 rings (SSSR count). The average molecular weight is 299 g/mol. The maximum atomic E-state index is 12.4. The maximum Gasteiger partial charge on any atom is 0.224 e. The number of aryl methyl sites for hydroxylation is 2. The molecule has 22 heavy (non-hydrogen) atoms. The first-order valence-corrected chi connectivity index (χ1v) is 7.76. The van der Waals surface area contributed by atoms with Gasteiger partial charge in [0.2, 0.25) is 5.91 Å². The normalized spacial score (nSPS) is 18.4. The quantitative estimate of drug-likeness (QED) is 0.863. The van der Waals surface area contributed by atoms with E-state index >= 15 is 0 Å². The number of hydrogen-bond donors (Lipinski definition) is 0. The first-order valence-electron chi connectivity index (χ1n) is 7.76. The van der Waals surface area contributed by atoms with Crippen molar-refractivity contribution in [3.63, 3.8) is 0 Å². The summed E-state index contributed by atoms with van der Waals surface area (Å²) >= 11 is 0. The summed E-state index contributed by atoms with van der Waals surface area (Å²) in [6, 6.07) is 3.90. The zero-order chi connectivity index (χ0) is 15.4. The molecule has 2 aromatic rings. The minimum absolute atomic E-state index is 0.201. The largest absolute Gasteiger partial charge is 0.342 e. The first-order chi connectivity index (χ1) is 10.7. The zero-order valence-corrected chi connectivity index (χ0v) is 12.9. The lowest BCUT2D eigenvalue weighted by molar-refractivity contribution is -0.132. The van der Waals surface area contributed by atoms with Gasteiger partial charge in [0.25, 0.3) is 0 Å². The molecule has 1 aliphatic heterocycles. The third-order valence-corrected chi connectivity index (χ3v) is 4.13. The second-order valence-corrected chi connectivity index (χ2v) is 5.78. The summed E-state index contributed by atoms with van der Waals surface area (Å²) < 4.78 is 1.83. The molecule has 0 spiro atoms. The van der Waals surface area contributed by atoms with E-state index < -0.39 is 0 Å². The predicted molar refractivity (Wildman–Crippen MR) is 82.2 cm³/mol. The Morgan fingerprint density at radius 1 is 1.41 bits per heavy atom. The highest BCUT2D eigenvalue weighted by Gasteiger charge is 2.25. The van der Waals surface area contributed by atoms with Crippen molar-refractivity contribution >= 4 is 5.91 Å². The third kappa shape index (κ3) is 3.50. The van der Waals surface area contributed by atoms with E-state index in [-0.39, 0.29) is 5.91 Å². The van der Waals surface area contributed by atoms with Crippen molar-refractivity contribution in [2.45, 2.75) is 38.6 Å². The summed E-state index contributed by atoms with van der Waals surface area (Å²) in [6.07, 6.45) is 7.87. The molecule has 0 N–H and O–H groups in total. The lowest BCUT2D eigenvalue weighted by atomic mass is 9.94. The number of carbonyl (C=O) groups is 1. The monoisotopic (exact) mass is 299 g/mol. The van der Waals surface area contributed by atoms with E-state index in [9.17, 15) is 4.79 Å². The van der Waals surface area contributed by atoms with Crippen LogP contribution in [-0.4, -0.2) is 43.6 Å². The highest BCUT2D eigenvalue weighted by molar-refractivity contribution is 5.76. The van der Waals surface area contributed by atoms with Crippen molar-refractivity contribution < 1.29 is 4.79 Å². The molecule has 0 aliphatic carbocycles. The molecule has 6 heteroatoms. The Labute approximate surface area is 130 Å². The summed E-state index contributed by atoms with van der Waals surface area (Å²) in [5.74, 6) is 0.527. The van der Waals surface area contributed by atoms with E-state index in [0.717, 1.165) is 37.3 Å². The van der Waals surface area contributed by atoms with Crippen molar-refractivity contribution in [2.75, 3.05) is 13.1 Å². The van der Waals surface area contributed by atoms with Crippen molar-refractivity contribution in [2.24, 2.45) is 0 Å². The molecule has 0 saturated carbocycles. The van der Waals surface area contributed by atoms with Crippen LogP contribution >= 0.6 is 0 Å². The van der Waals surface area contributed by atoms with E-state index in [1.165, 1.54) is 0 Å². The molecule has 1 fully saturated rings. The minimum Gasteiger partial charge on any atom is -0.342 e. The Hall–Kier alpha value is -2.24. The van der Waals surface area contributed by atoms with Crippen LogP contribution in [0.4, 0.5) is 0 Å². The number of piperidine rings is 1. The summed E-state index contributed by atoms with van der Waals surface area (Å²) in [4.78, 5) is 22.7. The molecule has 0 aromatic carbocycles. The van der Waals surface area contributed by atoms with Crippen molar-refractivity contribution in [1.82, 2.24) is 24.6 Å². The van der Waals surface area contributed by atoms with Gasteiger partial charge in [-0.15, -0.1) is 0 Å². The molecule has 0 radical (unpaired) electrons. The van der Waals surface area contributed by atoms with Gasteiger partial charge < -0.3 is 4.90 Å². The molecule has 1 atom stereocenters. The molecule has 2 aromatic heterocycles. The van der Waals surface area contributed by atoms with Gasteiger partial charge >= 0.3 is 0 Å². The van der Waals surface area contributed by atoms with Crippen LogP contribution in [0.3, 0.4) is 0 Å². The summed E-state index contributed by atoms with van der Waals surface area (Å²) in [5.41, 5.74) is 2.02. The molecule has 1 aliphatic rings. The Balaban J connectivity index is 1.56. The highest BCUT2D eigenvalue weighted by atomic mass is 16.2. The number of hydrogen-bond acceptors (Lipinski definition) is 4.